The number of ether oxygens (including phenoxy) is 1. The number of nitrogens with one attached hydrogen (secondary N) is 2. The molecule has 0 saturated heterocycles. The van der Waals surface area contributed by atoms with Gasteiger partial charge >= 0.3 is 0 Å². The minimum absolute atomic E-state index is 0.155. The van der Waals surface area contributed by atoms with Crippen molar-refractivity contribution in [2.45, 2.75) is 19.8 Å². The fourth-order valence-electron chi connectivity index (χ4n) is 4.03. The zero-order valence-electron chi connectivity index (χ0n) is 16.9. The normalized spacial score (nSPS) is 11.4. The van der Waals surface area contributed by atoms with Gasteiger partial charge in [0.05, 0.1) is 29.6 Å². The Bertz CT molecular complexity index is 1410. The number of hydrogen-bond acceptors (Lipinski definition) is 3. The molecule has 6 heteroatoms. The molecule has 4 aromatic heterocycles. The van der Waals surface area contributed by atoms with Crippen LogP contribution in [0.2, 0.25) is 0 Å². The van der Waals surface area contributed by atoms with Gasteiger partial charge in [-0.05, 0) is 67.6 Å². The van der Waals surface area contributed by atoms with Crippen molar-refractivity contribution in [1.29, 1.82) is 0 Å². The molecule has 150 valence electrons. The number of imidazole rings is 1. The molecule has 0 aliphatic rings. The van der Waals surface area contributed by atoms with Crippen LogP contribution in [-0.2, 0) is 12.8 Å². The first-order valence-corrected chi connectivity index (χ1v) is 9.95. The molecule has 0 saturated carbocycles. The smallest absolute Gasteiger partial charge is 0.257 e. The van der Waals surface area contributed by atoms with Gasteiger partial charge in [-0.2, -0.15) is 0 Å². The van der Waals surface area contributed by atoms with Crippen molar-refractivity contribution < 1.29 is 4.74 Å². The topological polar surface area (TPSA) is 75.2 Å². The quantitative estimate of drug-likeness (QED) is 0.464. The van der Waals surface area contributed by atoms with E-state index < -0.39 is 0 Å². The van der Waals surface area contributed by atoms with Crippen molar-refractivity contribution in [3.05, 3.63) is 88.2 Å². The fourth-order valence-corrected chi connectivity index (χ4v) is 4.03. The van der Waals surface area contributed by atoms with Crippen LogP contribution in [0, 0.1) is 6.92 Å². The molecule has 0 unspecified atom stereocenters. The molecule has 5 aromatic rings. The number of hydrogen-bond donors (Lipinski definition) is 2. The maximum absolute atomic E-state index is 13.0. The van der Waals surface area contributed by atoms with Crippen LogP contribution in [0.4, 0.5) is 0 Å². The lowest BCUT2D eigenvalue weighted by atomic mass is 10.1. The highest BCUT2D eigenvalue weighted by Gasteiger charge is 2.18. The third kappa shape index (κ3) is 3.06. The highest BCUT2D eigenvalue weighted by molar-refractivity contribution is 5.84. The number of methoxy groups -OCH3 is 1. The number of H-pyrrole nitrogens is 2. The summed E-state index contributed by atoms with van der Waals surface area (Å²) in [6.45, 7) is 2.06. The Morgan fingerprint density at radius 3 is 2.77 bits per heavy atom. The number of aromatic nitrogens is 4. The average Bonchev–Trinajstić information content (AvgIpc) is 3.39. The lowest BCUT2D eigenvalue weighted by molar-refractivity contribution is 0.415. The average molecular weight is 398 g/mol. The van der Waals surface area contributed by atoms with E-state index in [1.165, 1.54) is 0 Å². The zero-order valence-corrected chi connectivity index (χ0v) is 16.9. The lowest BCUT2D eigenvalue weighted by Gasteiger charge is -2.08. The molecule has 6 nitrogen and oxygen atoms in total. The van der Waals surface area contributed by atoms with Gasteiger partial charge in [-0.25, -0.2) is 4.98 Å². The van der Waals surface area contributed by atoms with Crippen molar-refractivity contribution in [3.8, 4) is 17.0 Å². The number of aryl methyl sites for hydroxylation is 3. The highest BCUT2D eigenvalue weighted by Crippen LogP contribution is 2.27. The SMILES string of the molecule is COc1ccc2cc(-c3nc4cccc(C)n4c3CCc3ccc[nH]3)c(=O)[nH]c2c1. The van der Waals surface area contributed by atoms with E-state index in [9.17, 15) is 4.79 Å². The van der Waals surface area contributed by atoms with E-state index in [1.807, 2.05) is 48.7 Å². The summed E-state index contributed by atoms with van der Waals surface area (Å²) in [5.41, 5.74) is 6.04. The number of pyridine rings is 2. The summed E-state index contributed by atoms with van der Waals surface area (Å²) < 4.78 is 7.42. The highest BCUT2D eigenvalue weighted by atomic mass is 16.5. The maximum Gasteiger partial charge on any atom is 0.257 e. The van der Waals surface area contributed by atoms with Crippen molar-refractivity contribution in [3.63, 3.8) is 0 Å². The standard InChI is InChI=1S/C24H22N4O2/c1-15-5-3-7-22-27-23(21(28(15)22)11-9-17-6-4-12-25-17)19-13-16-8-10-18(30-2)14-20(16)26-24(19)29/h3-8,10,12-14,25H,9,11H2,1-2H3,(H,26,29). The van der Waals surface area contributed by atoms with Crippen molar-refractivity contribution in [1.82, 2.24) is 19.4 Å². The summed E-state index contributed by atoms with van der Waals surface area (Å²) in [4.78, 5) is 24.1. The molecule has 0 aliphatic carbocycles. The molecule has 30 heavy (non-hydrogen) atoms. The molecule has 0 radical (unpaired) electrons. The number of fused-ring (bicyclic) bond motifs is 2. The van der Waals surface area contributed by atoms with Gasteiger partial charge in [0.25, 0.3) is 5.56 Å². The summed E-state index contributed by atoms with van der Waals surface area (Å²) in [6.07, 6.45) is 3.53. The fraction of sp³-hybridized carbons (Fsp3) is 0.167. The molecule has 0 spiro atoms. The van der Waals surface area contributed by atoms with Crippen LogP contribution in [0.1, 0.15) is 17.1 Å². The predicted octanol–water partition coefficient (Wildman–Crippen LogP) is 4.27. The molecular formula is C24H22N4O2. The van der Waals surface area contributed by atoms with Crippen molar-refractivity contribution in [2.24, 2.45) is 0 Å². The number of aromatic amines is 2. The maximum atomic E-state index is 13.0. The summed E-state index contributed by atoms with van der Waals surface area (Å²) in [5.74, 6) is 0.709. The van der Waals surface area contributed by atoms with E-state index in [1.54, 1.807) is 7.11 Å². The molecule has 4 heterocycles. The van der Waals surface area contributed by atoms with Crippen LogP contribution < -0.4 is 10.3 Å². The monoisotopic (exact) mass is 398 g/mol. The number of benzene rings is 1. The second-order valence-corrected chi connectivity index (χ2v) is 7.43. The van der Waals surface area contributed by atoms with Gasteiger partial charge in [0.1, 0.15) is 11.4 Å². The molecule has 0 atom stereocenters. The molecule has 1 aromatic carbocycles. The summed E-state index contributed by atoms with van der Waals surface area (Å²) in [7, 11) is 1.61. The van der Waals surface area contributed by atoms with Gasteiger partial charge in [0.15, 0.2) is 0 Å². The third-order valence-corrected chi connectivity index (χ3v) is 5.54. The van der Waals surface area contributed by atoms with Crippen LogP contribution >= 0.6 is 0 Å². The van der Waals surface area contributed by atoms with Crippen LogP contribution in [0.3, 0.4) is 0 Å². The first-order valence-electron chi connectivity index (χ1n) is 9.95. The van der Waals surface area contributed by atoms with E-state index in [0.29, 0.717) is 11.3 Å². The van der Waals surface area contributed by atoms with Crippen LogP contribution in [0.5, 0.6) is 5.75 Å². The Balaban J connectivity index is 1.70. The number of nitrogens with zero attached hydrogens (tertiary/aromatic N) is 2. The van der Waals surface area contributed by atoms with Gasteiger partial charge in [0, 0.05) is 23.7 Å². The molecule has 0 bridgehead atoms. The molecule has 0 amide bonds. The Kier molecular flexibility index (Phi) is 4.39. The van der Waals surface area contributed by atoms with Gasteiger partial charge < -0.3 is 19.1 Å². The van der Waals surface area contributed by atoms with Crippen LogP contribution in [0.15, 0.2) is 65.6 Å². The van der Waals surface area contributed by atoms with E-state index in [-0.39, 0.29) is 5.56 Å². The Labute approximate surface area is 173 Å². The van der Waals surface area contributed by atoms with E-state index in [2.05, 4.69) is 33.4 Å². The summed E-state index contributed by atoms with van der Waals surface area (Å²) >= 11 is 0. The Hall–Kier alpha value is -3.80. The van der Waals surface area contributed by atoms with Crippen LogP contribution in [0.25, 0.3) is 27.8 Å². The molecule has 2 N–H and O–H groups in total. The van der Waals surface area contributed by atoms with Gasteiger partial charge in [-0.15, -0.1) is 0 Å². The van der Waals surface area contributed by atoms with E-state index >= 15 is 0 Å². The van der Waals surface area contributed by atoms with E-state index in [4.69, 9.17) is 9.72 Å². The van der Waals surface area contributed by atoms with Crippen molar-refractivity contribution in [2.75, 3.05) is 7.11 Å². The van der Waals surface area contributed by atoms with E-state index in [0.717, 1.165) is 52.2 Å². The largest absolute Gasteiger partial charge is 0.497 e. The predicted molar refractivity (Wildman–Crippen MR) is 118 cm³/mol. The van der Waals surface area contributed by atoms with Crippen LogP contribution in [-0.4, -0.2) is 26.5 Å². The Morgan fingerprint density at radius 1 is 1.07 bits per heavy atom. The number of rotatable bonds is 5. The summed E-state index contributed by atoms with van der Waals surface area (Å²) in [6, 6.07) is 17.7. The minimum atomic E-state index is -0.155. The first kappa shape index (κ1) is 18.2. The molecule has 0 aliphatic heterocycles. The van der Waals surface area contributed by atoms with Gasteiger partial charge in [-0.1, -0.05) is 6.07 Å². The van der Waals surface area contributed by atoms with Crippen molar-refractivity contribution >= 4 is 16.6 Å². The molecular weight excluding hydrogens is 376 g/mol. The minimum Gasteiger partial charge on any atom is -0.497 e. The first-order chi connectivity index (χ1) is 14.6. The zero-order chi connectivity index (χ0) is 20.7. The Morgan fingerprint density at radius 2 is 1.97 bits per heavy atom. The lowest BCUT2D eigenvalue weighted by Crippen LogP contribution is -2.11. The van der Waals surface area contributed by atoms with Gasteiger partial charge in [-0.3, -0.25) is 4.79 Å². The summed E-state index contributed by atoms with van der Waals surface area (Å²) in [5, 5.41) is 0.939. The molecule has 5 rings (SSSR count). The van der Waals surface area contributed by atoms with Gasteiger partial charge in [0.2, 0.25) is 0 Å². The second-order valence-electron chi connectivity index (χ2n) is 7.43. The second kappa shape index (κ2) is 7.22. The third-order valence-electron chi connectivity index (χ3n) is 5.54. The molecule has 0 fully saturated rings.